The Morgan fingerprint density at radius 1 is 1.03 bits per heavy atom. The third-order valence-electron chi connectivity index (χ3n) is 6.84. The number of ether oxygens (including phenoxy) is 1. The van der Waals surface area contributed by atoms with Gasteiger partial charge >= 0.3 is 5.97 Å². The van der Waals surface area contributed by atoms with Gasteiger partial charge in [-0.25, -0.2) is 9.78 Å². The van der Waals surface area contributed by atoms with E-state index in [1.807, 2.05) is 72.2 Å². The molecule has 0 fully saturated rings. The summed E-state index contributed by atoms with van der Waals surface area (Å²) < 4.78 is 14.3. The zero-order valence-electron chi connectivity index (χ0n) is 21.1. The Bertz CT molecular complexity index is 1910. The molecule has 0 spiro atoms. The van der Waals surface area contributed by atoms with E-state index in [0.717, 1.165) is 27.5 Å². The zero-order valence-corrected chi connectivity index (χ0v) is 21.1. The number of para-hydroxylation sites is 3. The minimum absolute atomic E-state index is 0.297. The Morgan fingerprint density at radius 3 is 2.53 bits per heavy atom. The number of furan rings is 1. The number of nitrogens with zero attached hydrogens (tertiary/aromatic N) is 4. The zero-order chi connectivity index (χ0) is 26.4. The van der Waals surface area contributed by atoms with Crippen LogP contribution in [0, 0.1) is 6.92 Å². The van der Waals surface area contributed by atoms with Gasteiger partial charge in [-0.1, -0.05) is 48.5 Å². The van der Waals surface area contributed by atoms with Crippen LogP contribution in [0.2, 0.25) is 0 Å². The molecule has 0 saturated carbocycles. The summed E-state index contributed by atoms with van der Waals surface area (Å²) in [5, 5.41) is 6.89. The first-order chi connectivity index (χ1) is 18.5. The summed E-state index contributed by atoms with van der Waals surface area (Å²) in [6.07, 6.45) is 1.64. The molecule has 1 atom stereocenters. The van der Waals surface area contributed by atoms with Gasteiger partial charge in [0.05, 0.1) is 24.2 Å². The van der Waals surface area contributed by atoms with Gasteiger partial charge in [0, 0.05) is 27.5 Å². The summed E-state index contributed by atoms with van der Waals surface area (Å²) in [6, 6.07) is 23.9. The van der Waals surface area contributed by atoms with Gasteiger partial charge in [-0.15, -0.1) is 0 Å². The van der Waals surface area contributed by atoms with Gasteiger partial charge in [-0.05, 0) is 44.2 Å². The lowest BCUT2D eigenvalue weighted by molar-refractivity contribution is -0.143. The lowest BCUT2D eigenvalue weighted by Crippen LogP contribution is -2.20. The van der Waals surface area contributed by atoms with Crippen molar-refractivity contribution >= 4 is 45.0 Å². The van der Waals surface area contributed by atoms with E-state index in [-0.39, 0.29) is 11.5 Å². The maximum absolute atomic E-state index is 13.7. The highest BCUT2D eigenvalue weighted by atomic mass is 16.5. The average molecular weight is 505 g/mol. The molecule has 188 valence electrons. The van der Waals surface area contributed by atoms with Gasteiger partial charge in [0.15, 0.2) is 5.76 Å². The monoisotopic (exact) mass is 504 g/mol. The van der Waals surface area contributed by atoms with E-state index < -0.39 is 6.04 Å². The van der Waals surface area contributed by atoms with Crippen LogP contribution in [0.3, 0.4) is 0 Å². The van der Waals surface area contributed by atoms with Crippen LogP contribution in [0.1, 0.15) is 24.2 Å². The van der Waals surface area contributed by atoms with Gasteiger partial charge in [0.2, 0.25) is 5.82 Å². The number of carbonyl (C=O) groups is 1. The van der Waals surface area contributed by atoms with Crippen molar-refractivity contribution in [1.82, 2.24) is 14.2 Å². The minimum atomic E-state index is -0.539. The van der Waals surface area contributed by atoms with Gasteiger partial charge in [-0.2, -0.15) is 9.78 Å². The van der Waals surface area contributed by atoms with Crippen LogP contribution in [0.4, 0.5) is 0 Å². The molecule has 0 N–H and O–H groups in total. The fourth-order valence-electron chi connectivity index (χ4n) is 4.95. The second kappa shape index (κ2) is 9.15. The maximum Gasteiger partial charge on any atom is 0.328 e. The van der Waals surface area contributed by atoms with E-state index in [0.29, 0.717) is 28.1 Å². The molecule has 6 rings (SSSR count). The number of aromatic nitrogens is 3. The average Bonchev–Trinajstić information content (AvgIpc) is 3.50. The SMILES string of the molecule is COC(=O)[C@H](C)n1c(C)c(C=Nn2c(-c3cc4ccccc4o3)nc3ccccc3c2=O)c2ccccc21. The summed E-state index contributed by atoms with van der Waals surface area (Å²) in [6.45, 7) is 3.71. The molecule has 6 aromatic rings. The summed E-state index contributed by atoms with van der Waals surface area (Å²) >= 11 is 0. The van der Waals surface area contributed by atoms with E-state index in [4.69, 9.17) is 14.1 Å². The van der Waals surface area contributed by atoms with Crippen LogP contribution in [0.25, 0.3) is 44.4 Å². The summed E-state index contributed by atoms with van der Waals surface area (Å²) in [5.74, 6) is 0.384. The predicted octanol–water partition coefficient (Wildman–Crippen LogP) is 5.69. The highest BCUT2D eigenvalue weighted by molar-refractivity contribution is 6.02. The Hall–Kier alpha value is -4.98. The molecule has 8 nitrogen and oxygen atoms in total. The number of methoxy groups -OCH3 is 1. The molecule has 3 heterocycles. The Labute approximate surface area is 217 Å². The Kier molecular flexibility index (Phi) is 5.64. The molecule has 0 aliphatic heterocycles. The first-order valence-corrected chi connectivity index (χ1v) is 12.2. The van der Waals surface area contributed by atoms with Gasteiger partial charge in [0.25, 0.3) is 5.56 Å². The molecule has 3 aromatic carbocycles. The lowest BCUT2D eigenvalue weighted by atomic mass is 10.1. The van der Waals surface area contributed by atoms with Crippen molar-refractivity contribution in [1.29, 1.82) is 0 Å². The third-order valence-corrected chi connectivity index (χ3v) is 6.84. The number of benzene rings is 3. The van der Waals surface area contributed by atoms with Crippen LogP contribution < -0.4 is 5.56 Å². The second-order valence-electron chi connectivity index (χ2n) is 9.05. The largest absolute Gasteiger partial charge is 0.467 e. The van der Waals surface area contributed by atoms with Crippen molar-refractivity contribution in [3.05, 3.63) is 100 Å². The van der Waals surface area contributed by atoms with Crippen LogP contribution in [0.15, 0.2) is 93.2 Å². The van der Waals surface area contributed by atoms with Crippen molar-refractivity contribution in [2.75, 3.05) is 7.11 Å². The topological polar surface area (TPSA) is 91.6 Å². The standard InChI is InChI=1S/C30H24N4O4/c1-18-23(21-11-6-8-14-25(21)33(18)19(2)30(36)37-3)17-31-34-28(27-16-20-10-4-9-15-26(20)38-27)32-24-13-7-5-12-22(24)29(34)35/h4-17,19H,1-3H3/t19-/m0/s1. The number of hydrogen-bond acceptors (Lipinski definition) is 6. The van der Waals surface area contributed by atoms with Gasteiger partial charge in [-0.3, -0.25) is 4.79 Å². The summed E-state index contributed by atoms with van der Waals surface area (Å²) in [4.78, 5) is 30.8. The molecule has 0 unspecified atom stereocenters. The van der Waals surface area contributed by atoms with Crippen molar-refractivity contribution in [3.63, 3.8) is 0 Å². The second-order valence-corrected chi connectivity index (χ2v) is 9.05. The predicted molar refractivity (Wildman–Crippen MR) is 148 cm³/mol. The first-order valence-electron chi connectivity index (χ1n) is 12.2. The molecule has 8 heteroatoms. The maximum atomic E-state index is 13.7. The molecule has 0 saturated heterocycles. The van der Waals surface area contributed by atoms with Crippen molar-refractivity contribution in [3.8, 4) is 11.6 Å². The molecule has 0 bridgehead atoms. The van der Waals surface area contributed by atoms with E-state index in [2.05, 4.69) is 5.10 Å². The van der Waals surface area contributed by atoms with Crippen molar-refractivity contribution < 1.29 is 13.9 Å². The molecule has 0 radical (unpaired) electrons. The molecule has 0 aliphatic carbocycles. The molecule has 38 heavy (non-hydrogen) atoms. The van der Waals surface area contributed by atoms with Gasteiger partial charge < -0.3 is 13.7 Å². The van der Waals surface area contributed by atoms with Crippen LogP contribution >= 0.6 is 0 Å². The normalized spacial score (nSPS) is 12.6. The van der Waals surface area contributed by atoms with E-state index >= 15 is 0 Å². The highest BCUT2D eigenvalue weighted by Crippen LogP contribution is 2.30. The fourth-order valence-corrected chi connectivity index (χ4v) is 4.95. The van der Waals surface area contributed by atoms with Crippen LogP contribution in [0.5, 0.6) is 0 Å². The smallest absolute Gasteiger partial charge is 0.328 e. The minimum Gasteiger partial charge on any atom is -0.467 e. The number of carbonyl (C=O) groups excluding carboxylic acids is 1. The number of fused-ring (bicyclic) bond motifs is 3. The molecule has 3 aromatic heterocycles. The number of esters is 1. The Morgan fingerprint density at radius 2 is 1.74 bits per heavy atom. The molecular weight excluding hydrogens is 480 g/mol. The third kappa shape index (κ3) is 3.69. The van der Waals surface area contributed by atoms with Crippen LogP contribution in [-0.4, -0.2) is 33.5 Å². The molecular formula is C30H24N4O4. The van der Waals surface area contributed by atoms with Crippen LogP contribution in [-0.2, 0) is 9.53 Å². The highest BCUT2D eigenvalue weighted by Gasteiger charge is 2.23. The molecule has 0 aliphatic rings. The van der Waals surface area contributed by atoms with E-state index in [9.17, 15) is 9.59 Å². The van der Waals surface area contributed by atoms with Crippen molar-refractivity contribution in [2.45, 2.75) is 19.9 Å². The Balaban J connectivity index is 1.57. The molecule has 0 amide bonds. The lowest BCUT2D eigenvalue weighted by Gasteiger charge is -2.15. The number of rotatable bonds is 5. The van der Waals surface area contributed by atoms with Gasteiger partial charge in [0.1, 0.15) is 11.6 Å². The first kappa shape index (κ1) is 23.4. The summed E-state index contributed by atoms with van der Waals surface area (Å²) in [7, 11) is 1.38. The van der Waals surface area contributed by atoms with E-state index in [1.54, 1.807) is 31.3 Å². The fraction of sp³-hybridized carbons (Fsp3) is 0.133. The summed E-state index contributed by atoms with van der Waals surface area (Å²) in [5.41, 5.74) is 3.40. The van der Waals surface area contributed by atoms with Crippen molar-refractivity contribution in [2.24, 2.45) is 5.10 Å². The quantitative estimate of drug-likeness (QED) is 0.222. The number of hydrogen-bond donors (Lipinski definition) is 0. The van der Waals surface area contributed by atoms with E-state index in [1.165, 1.54) is 11.8 Å².